The van der Waals surface area contributed by atoms with E-state index in [1.165, 1.54) is 28.9 Å². The third-order valence-corrected chi connectivity index (χ3v) is 6.97. The maximum absolute atomic E-state index is 14.0. The normalized spacial score (nSPS) is 13.6. The number of halogens is 5. The van der Waals surface area contributed by atoms with Gasteiger partial charge >= 0.3 is 6.18 Å². The minimum atomic E-state index is -4.93. The van der Waals surface area contributed by atoms with Crippen molar-refractivity contribution < 1.29 is 31.5 Å². The fourth-order valence-electron chi connectivity index (χ4n) is 4.98. The molecule has 4 aromatic heterocycles. The number of anilines is 4. The van der Waals surface area contributed by atoms with Crippen LogP contribution >= 0.6 is 0 Å². The number of amides is 1. The van der Waals surface area contributed by atoms with Gasteiger partial charge in [0.2, 0.25) is 5.82 Å². The van der Waals surface area contributed by atoms with Crippen molar-refractivity contribution in [1.82, 2.24) is 45.0 Å². The molecule has 0 radical (unpaired) electrons. The van der Waals surface area contributed by atoms with Gasteiger partial charge in [-0.1, -0.05) is 6.07 Å². The highest BCUT2D eigenvalue weighted by Gasteiger charge is 2.39. The highest BCUT2D eigenvalue weighted by atomic mass is 19.4. The SMILES string of the molecule is COc1c(Nc2cc(Nc3ccc(C(=O)N4CCCC4)c(C(F)(F)F)n3)nc3nc(C(F)F)[nH]c23)cccc1-c1nnn(C)n1. The third kappa shape index (κ3) is 5.89. The van der Waals surface area contributed by atoms with Crippen molar-refractivity contribution >= 4 is 40.1 Å². The average Bonchev–Trinajstić information content (AvgIpc) is 3.78. The Morgan fingerprint density at radius 1 is 1.02 bits per heavy atom. The second kappa shape index (κ2) is 11.6. The van der Waals surface area contributed by atoms with Crippen LogP contribution in [-0.4, -0.2) is 71.1 Å². The van der Waals surface area contributed by atoms with Gasteiger partial charge in [0.15, 0.2) is 22.9 Å². The molecule has 45 heavy (non-hydrogen) atoms. The molecule has 0 aliphatic carbocycles. The number of benzene rings is 1. The molecule has 13 nitrogen and oxygen atoms in total. The minimum Gasteiger partial charge on any atom is -0.494 e. The van der Waals surface area contributed by atoms with E-state index in [1.807, 2.05) is 0 Å². The summed E-state index contributed by atoms with van der Waals surface area (Å²) >= 11 is 0. The summed E-state index contributed by atoms with van der Waals surface area (Å²) in [6.07, 6.45) is -6.47. The predicted molar refractivity (Wildman–Crippen MR) is 151 cm³/mol. The van der Waals surface area contributed by atoms with E-state index < -0.39 is 35.6 Å². The van der Waals surface area contributed by atoms with E-state index in [0.29, 0.717) is 42.9 Å². The molecule has 1 aromatic carbocycles. The number of likely N-dealkylation sites (tertiary alicyclic amines) is 1. The molecule has 5 aromatic rings. The van der Waals surface area contributed by atoms with Crippen LogP contribution in [-0.2, 0) is 13.2 Å². The van der Waals surface area contributed by atoms with Crippen LogP contribution < -0.4 is 15.4 Å². The van der Waals surface area contributed by atoms with E-state index in [0.717, 1.165) is 6.07 Å². The lowest BCUT2D eigenvalue weighted by molar-refractivity contribution is -0.141. The van der Waals surface area contributed by atoms with Gasteiger partial charge in [-0.2, -0.15) is 18.0 Å². The number of tetrazole rings is 1. The predicted octanol–water partition coefficient (Wildman–Crippen LogP) is 5.23. The molecule has 3 N–H and O–H groups in total. The molecule has 1 aliphatic heterocycles. The summed E-state index contributed by atoms with van der Waals surface area (Å²) in [7, 11) is 3.01. The Bertz CT molecular complexity index is 1880. The molecular weight excluding hydrogens is 605 g/mol. The second-order valence-electron chi connectivity index (χ2n) is 10.0. The van der Waals surface area contributed by atoms with Crippen molar-refractivity contribution in [3.63, 3.8) is 0 Å². The van der Waals surface area contributed by atoms with Crippen molar-refractivity contribution in [2.45, 2.75) is 25.4 Å². The minimum absolute atomic E-state index is 0.0673. The first-order valence-corrected chi connectivity index (χ1v) is 13.5. The number of methoxy groups -OCH3 is 1. The molecule has 1 aliphatic rings. The number of nitrogens with one attached hydrogen (secondary N) is 3. The second-order valence-corrected chi connectivity index (χ2v) is 10.0. The van der Waals surface area contributed by atoms with Gasteiger partial charge in [-0.05, 0) is 42.3 Å². The number of aryl methyl sites for hydroxylation is 1. The van der Waals surface area contributed by atoms with Crippen LogP contribution in [0, 0.1) is 0 Å². The summed E-state index contributed by atoms with van der Waals surface area (Å²) in [6, 6.07) is 8.67. The van der Waals surface area contributed by atoms with Crippen LogP contribution in [0.25, 0.3) is 22.6 Å². The fraction of sp³-hybridized carbons (Fsp3) is 0.296. The smallest absolute Gasteiger partial charge is 0.434 e. The number of nitrogens with zero attached hydrogens (tertiary/aromatic N) is 8. The van der Waals surface area contributed by atoms with Crippen molar-refractivity contribution in [1.29, 1.82) is 0 Å². The van der Waals surface area contributed by atoms with E-state index in [-0.39, 0.29) is 34.3 Å². The highest BCUT2D eigenvalue weighted by Crippen LogP contribution is 2.39. The standard InChI is InChI=1S/C27H24F5N11O2/c1-42-40-23(39-41-42)13-6-5-7-15(20(13)45-2)33-16-12-18(36-24-19(16)37-25(38-24)22(28)29)34-17-9-8-14(21(35-17)27(30,31)32)26(44)43-10-3-4-11-43/h5-9,12,22H,3-4,10-11H2,1-2H3,(H3,33,34,35,36,37,38). The Morgan fingerprint density at radius 3 is 2.47 bits per heavy atom. The van der Waals surface area contributed by atoms with E-state index in [2.05, 4.69) is 46.0 Å². The first-order valence-electron chi connectivity index (χ1n) is 13.5. The van der Waals surface area contributed by atoms with Gasteiger partial charge in [-0.15, -0.1) is 10.2 Å². The number of rotatable bonds is 8. The molecule has 0 unspecified atom stereocenters. The van der Waals surface area contributed by atoms with E-state index >= 15 is 0 Å². The molecule has 234 valence electrons. The number of pyridine rings is 2. The molecule has 0 atom stereocenters. The maximum Gasteiger partial charge on any atom is 0.434 e. The molecular formula is C27H24F5N11O2. The number of aromatic nitrogens is 8. The highest BCUT2D eigenvalue weighted by molar-refractivity contribution is 5.96. The number of carbonyl (C=O) groups is 1. The number of carbonyl (C=O) groups excluding carboxylic acids is 1. The Labute approximate surface area is 250 Å². The third-order valence-electron chi connectivity index (χ3n) is 6.97. The zero-order chi connectivity index (χ0) is 31.9. The number of hydrogen-bond acceptors (Lipinski definition) is 10. The Morgan fingerprint density at radius 2 is 1.80 bits per heavy atom. The van der Waals surface area contributed by atoms with Gasteiger partial charge in [-0.25, -0.2) is 23.7 Å². The first-order chi connectivity index (χ1) is 21.5. The number of alkyl halides is 5. The maximum atomic E-state index is 14.0. The van der Waals surface area contributed by atoms with Crippen molar-refractivity contribution in [3.05, 3.63) is 53.5 Å². The molecule has 1 fully saturated rings. The van der Waals surface area contributed by atoms with Gasteiger partial charge in [0.1, 0.15) is 17.2 Å². The monoisotopic (exact) mass is 629 g/mol. The first kappa shape index (κ1) is 29.6. The topological polar surface area (TPSA) is 152 Å². The zero-order valence-electron chi connectivity index (χ0n) is 23.7. The summed E-state index contributed by atoms with van der Waals surface area (Å²) in [5.41, 5.74) is -0.957. The Kier molecular flexibility index (Phi) is 7.63. The molecule has 0 bridgehead atoms. The van der Waals surface area contributed by atoms with Gasteiger partial charge in [-0.3, -0.25) is 4.79 Å². The zero-order valence-corrected chi connectivity index (χ0v) is 23.7. The van der Waals surface area contributed by atoms with E-state index in [4.69, 9.17) is 4.74 Å². The van der Waals surface area contributed by atoms with Crippen molar-refractivity contribution in [3.8, 4) is 17.1 Å². The summed E-state index contributed by atoms with van der Waals surface area (Å²) in [6.45, 7) is 0.728. The Hall–Kier alpha value is -5.42. The molecule has 1 amide bonds. The van der Waals surface area contributed by atoms with Crippen LogP contribution in [0.15, 0.2) is 36.4 Å². The molecule has 18 heteroatoms. The lowest BCUT2D eigenvalue weighted by Gasteiger charge is -2.19. The number of hydrogen-bond donors (Lipinski definition) is 3. The molecule has 0 saturated carbocycles. The molecule has 6 rings (SSSR count). The summed E-state index contributed by atoms with van der Waals surface area (Å²) in [5, 5.41) is 17.8. The summed E-state index contributed by atoms with van der Waals surface area (Å²) < 4.78 is 74.9. The molecule has 0 spiro atoms. The molecule has 1 saturated heterocycles. The van der Waals surface area contributed by atoms with Crippen molar-refractivity contribution in [2.75, 3.05) is 30.8 Å². The lowest BCUT2D eigenvalue weighted by Crippen LogP contribution is -2.30. The van der Waals surface area contributed by atoms with E-state index in [1.54, 1.807) is 25.2 Å². The Balaban J connectivity index is 1.39. The number of ether oxygens (including phenoxy) is 1. The van der Waals surface area contributed by atoms with Crippen LogP contribution in [0.3, 0.4) is 0 Å². The van der Waals surface area contributed by atoms with Gasteiger partial charge < -0.3 is 25.3 Å². The largest absolute Gasteiger partial charge is 0.494 e. The van der Waals surface area contributed by atoms with Crippen LogP contribution in [0.2, 0.25) is 0 Å². The number of fused-ring (bicyclic) bond motifs is 1. The van der Waals surface area contributed by atoms with Gasteiger partial charge in [0.25, 0.3) is 12.3 Å². The van der Waals surface area contributed by atoms with Crippen LogP contribution in [0.4, 0.5) is 45.0 Å². The summed E-state index contributed by atoms with van der Waals surface area (Å²) in [4.78, 5) is 29.8. The number of aromatic amines is 1. The summed E-state index contributed by atoms with van der Waals surface area (Å²) in [5.74, 6) is -1.20. The number of imidazole rings is 1. The average molecular weight is 630 g/mol. The fourth-order valence-corrected chi connectivity index (χ4v) is 4.98. The van der Waals surface area contributed by atoms with Gasteiger partial charge in [0, 0.05) is 19.2 Å². The quantitative estimate of drug-likeness (QED) is 0.195. The van der Waals surface area contributed by atoms with E-state index in [9.17, 15) is 26.7 Å². The van der Waals surface area contributed by atoms with Crippen molar-refractivity contribution in [2.24, 2.45) is 7.05 Å². The molecule has 5 heterocycles. The van der Waals surface area contributed by atoms with Gasteiger partial charge in [0.05, 0.1) is 36.7 Å². The van der Waals surface area contributed by atoms with Crippen LogP contribution in [0.5, 0.6) is 5.75 Å². The lowest BCUT2D eigenvalue weighted by atomic mass is 10.1. The van der Waals surface area contributed by atoms with Crippen LogP contribution in [0.1, 0.15) is 41.1 Å². The number of para-hydroxylation sites is 1. The number of H-pyrrole nitrogens is 1.